The van der Waals surface area contributed by atoms with Gasteiger partial charge in [0, 0.05) is 0 Å². The van der Waals surface area contributed by atoms with Crippen LogP contribution in [-0.2, 0) is 0 Å². The highest BCUT2D eigenvalue weighted by Gasteiger charge is 2.37. The summed E-state index contributed by atoms with van der Waals surface area (Å²) in [5, 5.41) is 9.49. The van der Waals surface area contributed by atoms with Gasteiger partial charge in [-0.1, -0.05) is 39.5 Å². The van der Waals surface area contributed by atoms with Gasteiger partial charge in [-0.3, -0.25) is 0 Å². The summed E-state index contributed by atoms with van der Waals surface area (Å²) < 4.78 is 0. The minimum absolute atomic E-state index is 0.0475. The molecule has 1 nitrogen and oxygen atoms in total. The summed E-state index contributed by atoms with van der Waals surface area (Å²) in [5.41, 5.74) is 0.0475. The lowest BCUT2D eigenvalue weighted by Gasteiger charge is -2.40. The highest BCUT2D eigenvalue weighted by molar-refractivity contribution is 5.02. The van der Waals surface area contributed by atoms with Crippen LogP contribution in [0.2, 0.25) is 0 Å². The molecule has 2 aliphatic carbocycles. The molecule has 0 heterocycles. The monoisotopic (exact) mass is 261 g/mol. The molecule has 0 radical (unpaired) electrons. The van der Waals surface area contributed by atoms with Crippen LogP contribution in [-0.4, -0.2) is 0 Å². The number of rotatable bonds is 4. The van der Waals surface area contributed by atoms with Crippen LogP contribution in [0.1, 0.15) is 84.5 Å². The van der Waals surface area contributed by atoms with Crippen molar-refractivity contribution >= 4 is 0 Å². The SMILES string of the molecule is CCCC1(C#N)CCC(C2CCC(CC)CC2)CC1. The smallest absolute Gasteiger partial charge is 0.0689 e. The molecule has 0 spiro atoms. The van der Waals surface area contributed by atoms with Crippen LogP contribution in [0.15, 0.2) is 0 Å². The third kappa shape index (κ3) is 3.53. The fourth-order valence-electron chi connectivity index (χ4n) is 4.63. The highest BCUT2D eigenvalue weighted by Crippen LogP contribution is 2.47. The molecule has 0 aliphatic heterocycles. The number of nitriles is 1. The Kier molecular flexibility index (Phi) is 5.31. The second kappa shape index (κ2) is 6.78. The van der Waals surface area contributed by atoms with Crippen LogP contribution in [0.4, 0.5) is 0 Å². The van der Waals surface area contributed by atoms with E-state index in [0.717, 1.165) is 24.2 Å². The highest BCUT2D eigenvalue weighted by atomic mass is 14.4. The topological polar surface area (TPSA) is 23.8 Å². The van der Waals surface area contributed by atoms with E-state index in [1.54, 1.807) is 0 Å². The molecule has 0 aromatic heterocycles. The first-order valence-electron chi connectivity index (χ1n) is 8.64. The zero-order chi connectivity index (χ0) is 13.7. The number of hydrogen-bond acceptors (Lipinski definition) is 1. The molecule has 0 atom stereocenters. The molecule has 0 saturated heterocycles. The second-order valence-electron chi connectivity index (χ2n) is 7.17. The molecule has 2 aliphatic rings. The van der Waals surface area contributed by atoms with E-state index in [9.17, 15) is 5.26 Å². The molecular weight excluding hydrogens is 230 g/mol. The van der Waals surface area contributed by atoms with Crippen molar-refractivity contribution in [2.45, 2.75) is 84.5 Å². The van der Waals surface area contributed by atoms with Gasteiger partial charge in [0.25, 0.3) is 0 Å². The summed E-state index contributed by atoms with van der Waals surface area (Å²) in [6.45, 7) is 4.56. The molecule has 0 aromatic carbocycles. The number of hydrogen-bond donors (Lipinski definition) is 0. The van der Waals surface area contributed by atoms with Crippen LogP contribution >= 0.6 is 0 Å². The molecule has 1 heteroatoms. The number of nitrogens with zero attached hydrogens (tertiary/aromatic N) is 1. The van der Waals surface area contributed by atoms with Crippen molar-refractivity contribution in [1.29, 1.82) is 5.26 Å². The van der Waals surface area contributed by atoms with E-state index >= 15 is 0 Å². The zero-order valence-corrected chi connectivity index (χ0v) is 13.0. The van der Waals surface area contributed by atoms with Crippen LogP contribution in [0.3, 0.4) is 0 Å². The summed E-state index contributed by atoms with van der Waals surface area (Å²) in [5.74, 6) is 2.94. The Balaban J connectivity index is 1.82. The molecular formula is C18H31N. The molecule has 2 rings (SSSR count). The maximum atomic E-state index is 9.49. The molecule has 0 aromatic rings. The minimum Gasteiger partial charge on any atom is -0.198 e. The van der Waals surface area contributed by atoms with Gasteiger partial charge in [0.15, 0.2) is 0 Å². The fraction of sp³-hybridized carbons (Fsp3) is 0.944. The first-order chi connectivity index (χ1) is 9.23. The van der Waals surface area contributed by atoms with Gasteiger partial charge in [-0.15, -0.1) is 0 Å². The quantitative estimate of drug-likeness (QED) is 0.636. The van der Waals surface area contributed by atoms with E-state index in [1.807, 2.05) is 0 Å². The fourth-order valence-corrected chi connectivity index (χ4v) is 4.63. The Hall–Kier alpha value is -0.510. The first-order valence-corrected chi connectivity index (χ1v) is 8.64. The lowest BCUT2D eigenvalue weighted by Crippen LogP contribution is -2.31. The Morgan fingerprint density at radius 3 is 2.00 bits per heavy atom. The van der Waals surface area contributed by atoms with Gasteiger partial charge in [-0.05, 0) is 62.7 Å². The average Bonchev–Trinajstić information content (AvgIpc) is 2.48. The van der Waals surface area contributed by atoms with Gasteiger partial charge in [-0.2, -0.15) is 5.26 Å². The second-order valence-corrected chi connectivity index (χ2v) is 7.17. The van der Waals surface area contributed by atoms with Crippen molar-refractivity contribution in [2.75, 3.05) is 0 Å². The summed E-state index contributed by atoms with van der Waals surface area (Å²) in [7, 11) is 0. The Bertz CT molecular complexity index is 298. The molecule has 0 N–H and O–H groups in total. The Labute approximate surface area is 119 Å². The third-order valence-corrected chi connectivity index (χ3v) is 6.09. The summed E-state index contributed by atoms with van der Waals surface area (Å²) in [6.07, 6.45) is 14.6. The average molecular weight is 261 g/mol. The molecule has 0 amide bonds. The normalized spacial score (nSPS) is 39.7. The van der Waals surface area contributed by atoms with Gasteiger partial charge >= 0.3 is 0 Å². The summed E-state index contributed by atoms with van der Waals surface area (Å²) >= 11 is 0. The van der Waals surface area contributed by atoms with Crippen molar-refractivity contribution in [3.05, 3.63) is 0 Å². The Morgan fingerprint density at radius 1 is 0.947 bits per heavy atom. The molecule has 0 unspecified atom stereocenters. The van der Waals surface area contributed by atoms with Crippen molar-refractivity contribution < 1.29 is 0 Å². The van der Waals surface area contributed by atoms with Gasteiger partial charge in [0.2, 0.25) is 0 Å². The third-order valence-electron chi connectivity index (χ3n) is 6.09. The van der Waals surface area contributed by atoms with Crippen LogP contribution < -0.4 is 0 Å². The van der Waals surface area contributed by atoms with Gasteiger partial charge in [-0.25, -0.2) is 0 Å². The minimum atomic E-state index is 0.0475. The van der Waals surface area contributed by atoms with Crippen LogP contribution in [0.25, 0.3) is 0 Å². The lowest BCUT2D eigenvalue weighted by molar-refractivity contribution is 0.117. The maximum Gasteiger partial charge on any atom is 0.0689 e. The molecule has 2 fully saturated rings. The van der Waals surface area contributed by atoms with Gasteiger partial charge in [0.1, 0.15) is 0 Å². The van der Waals surface area contributed by atoms with Gasteiger partial charge in [0.05, 0.1) is 11.5 Å². The molecule has 19 heavy (non-hydrogen) atoms. The van der Waals surface area contributed by atoms with E-state index in [4.69, 9.17) is 0 Å². The molecule has 108 valence electrons. The summed E-state index contributed by atoms with van der Waals surface area (Å²) in [4.78, 5) is 0. The Morgan fingerprint density at radius 2 is 1.53 bits per heavy atom. The largest absolute Gasteiger partial charge is 0.198 e. The van der Waals surface area contributed by atoms with E-state index < -0.39 is 0 Å². The van der Waals surface area contributed by atoms with E-state index in [1.165, 1.54) is 64.2 Å². The predicted octanol–water partition coefficient (Wildman–Crippen LogP) is 5.70. The van der Waals surface area contributed by atoms with Crippen LogP contribution in [0.5, 0.6) is 0 Å². The predicted molar refractivity (Wildman–Crippen MR) is 80.7 cm³/mol. The molecule has 2 saturated carbocycles. The van der Waals surface area contributed by atoms with Crippen molar-refractivity contribution in [2.24, 2.45) is 23.2 Å². The molecule has 0 bridgehead atoms. The van der Waals surface area contributed by atoms with Crippen molar-refractivity contribution in [3.8, 4) is 6.07 Å². The summed E-state index contributed by atoms with van der Waals surface area (Å²) in [6, 6.07) is 2.66. The lowest BCUT2D eigenvalue weighted by atomic mass is 9.63. The van der Waals surface area contributed by atoms with Crippen molar-refractivity contribution in [1.82, 2.24) is 0 Å². The van der Waals surface area contributed by atoms with E-state index in [-0.39, 0.29) is 5.41 Å². The maximum absolute atomic E-state index is 9.49. The zero-order valence-electron chi connectivity index (χ0n) is 13.0. The van der Waals surface area contributed by atoms with Crippen molar-refractivity contribution in [3.63, 3.8) is 0 Å². The van der Waals surface area contributed by atoms with Crippen LogP contribution in [0, 0.1) is 34.5 Å². The van der Waals surface area contributed by atoms with E-state index in [2.05, 4.69) is 19.9 Å². The standard InChI is InChI=1S/C18H31N/c1-3-11-18(14-19)12-9-17(10-13-18)16-7-5-15(4-2)6-8-16/h15-17H,3-13H2,1-2H3. The van der Waals surface area contributed by atoms with E-state index in [0.29, 0.717) is 0 Å². The van der Waals surface area contributed by atoms with Gasteiger partial charge < -0.3 is 0 Å². The first kappa shape index (κ1) is 14.9.